The second-order valence-electron chi connectivity index (χ2n) is 5.28. The van der Waals surface area contributed by atoms with Crippen molar-refractivity contribution < 1.29 is 14.5 Å². The van der Waals surface area contributed by atoms with Crippen molar-refractivity contribution in [2.45, 2.75) is 26.8 Å². The molecule has 0 saturated heterocycles. The van der Waals surface area contributed by atoms with Gasteiger partial charge in [0.1, 0.15) is 6.04 Å². The van der Waals surface area contributed by atoms with Gasteiger partial charge in [0.2, 0.25) is 0 Å². The third kappa shape index (κ3) is 3.58. The summed E-state index contributed by atoms with van der Waals surface area (Å²) in [5, 5.41) is 13.8. The van der Waals surface area contributed by atoms with E-state index in [1.165, 1.54) is 7.05 Å². The van der Waals surface area contributed by atoms with Gasteiger partial charge in [-0.1, -0.05) is 13.8 Å². The van der Waals surface area contributed by atoms with Crippen LogP contribution in [-0.4, -0.2) is 32.7 Å². The van der Waals surface area contributed by atoms with E-state index in [4.69, 9.17) is 4.74 Å². The summed E-state index contributed by atoms with van der Waals surface area (Å²) in [4.78, 5) is 46.3. The van der Waals surface area contributed by atoms with Gasteiger partial charge in [0, 0.05) is 14.1 Å². The molecule has 0 bridgehead atoms. The Morgan fingerprint density at radius 3 is 2.30 bits per heavy atom. The summed E-state index contributed by atoms with van der Waals surface area (Å²) in [5.41, 5.74) is -2.59. The molecule has 10 heteroatoms. The molecular weight excluding hydrogens is 308 g/mol. The Morgan fingerprint density at radius 2 is 1.87 bits per heavy atom. The maximum Gasteiger partial charge on any atom is 0.374 e. The van der Waals surface area contributed by atoms with Crippen molar-refractivity contribution in [2.75, 3.05) is 11.9 Å². The van der Waals surface area contributed by atoms with Crippen molar-refractivity contribution in [2.24, 2.45) is 20.0 Å². The number of nitrogens with one attached hydrogen (secondary N) is 1. The Balaban J connectivity index is 3.53. The van der Waals surface area contributed by atoms with E-state index in [1.54, 1.807) is 20.8 Å². The van der Waals surface area contributed by atoms with Gasteiger partial charge in [-0.15, -0.1) is 0 Å². The van der Waals surface area contributed by atoms with Crippen LogP contribution < -0.4 is 16.6 Å². The fraction of sp³-hybridized carbons (Fsp3) is 0.615. The Morgan fingerprint density at radius 1 is 1.30 bits per heavy atom. The number of nitrogens with zero attached hydrogens (tertiary/aromatic N) is 3. The quantitative estimate of drug-likeness (QED) is 0.442. The molecule has 1 heterocycles. The van der Waals surface area contributed by atoms with E-state index in [9.17, 15) is 24.5 Å². The van der Waals surface area contributed by atoms with Gasteiger partial charge in [0.25, 0.3) is 0 Å². The van der Waals surface area contributed by atoms with Crippen molar-refractivity contribution >= 4 is 17.5 Å². The predicted octanol–water partition coefficient (Wildman–Crippen LogP) is -0.00820. The highest BCUT2D eigenvalue weighted by molar-refractivity contribution is 5.80. The molecule has 0 saturated carbocycles. The molecule has 1 rings (SSSR count). The number of nitro groups is 1. The zero-order valence-corrected chi connectivity index (χ0v) is 13.7. The molecule has 1 aromatic rings. The highest BCUT2D eigenvalue weighted by Gasteiger charge is 2.31. The van der Waals surface area contributed by atoms with Gasteiger partial charge in [-0.05, 0) is 12.8 Å². The van der Waals surface area contributed by atoms with Crippen LogP contribution in [0.4, 0.5) is 11.5 Å². The zero-order chi connectivity index (χ0) is 17.9. The molecule has 0 spiro atoms. The van der Waals surface area contributed by atoms with Crippen LogP contribution >= 0.6 is 0 Å². The average molecular weight is 328 g/mol. The lowest BCUT2D eigenvalue weighted by molar-refractivity contribution is -0.386. The van der Waals surface area contributed by atoms with E-state index in [1.807, 2.05) is 0 Å². The molecule has 0 fully saturated rings. The first-order chi connectivity index (χ1) is 10.6. The Bertz CT molecular complexity index is 733. The highest BCUT2D eigenvalue weighted by atomic mass is 16.6. The van der Waals surface area contributed by atoms with Gasteiger partial charge in [-0.3, -0.25) is 24.0 Å². The van der Waals surface area contributed by atoms with E-state index in [-0.39, 0.29) is 18.3 Å². The first-order valence-electron chi connectivity index (χ1n) is 7.01. The topological polar surface area (TPSA) is 125 Å². The van der Waals surface area contributed by atoms with Crippen molar-refractivity contribution in [1.82, 2.24) is 9.13 Å². The minimum absolute atomic E-state index is 0.140. The van der Waals surface area contributed by atoms with Crippen LogP contribution in [0.5, 0.6) is 0 Å². The lowest BCUT2D eigenvalue weighted by atomic mass is 10.0. The molecular formula is C13H20N4O6. The molecule has 0 radical (unpaired) electrons. The first kappa shape index (κ1) is 18.4. The van der Waals surface area contributed by atoms with Gasteiger partial charge in [-0.25, -0.2) is 9.59 Å². The summed E-state index contributed by atoms with van der Waals surface area (Å²) in [7, 11) is 2.42. The number of esters is 1. The summed E-state index contributed by atoms with van der Waals surface area (Å²) < 4.78 is 6.48. The van der Waals surface area contributed by atoms with Crippen molar-refractivity contribution in [3.05, 3.63) is 31.0 Å². The maximum absolute atomic E-state index is 12.0. The number of hydrogen-bond acceptors (Lipinski definition) is 7. The van der Waals surface area contributed by atoms with Gasteiger partial charge in [0.05, 0.1) is 11.5 Å². The van der Waals surface area contributed by atoms with E-state index < -0.39 is 33.9 Å². The molecule has 1 aromatic heterocycles. The molecule has 0 aliphatic rings. The summed E-state index contributed by atoms with van der Waals surface area (Å²) in [6, 6.07) is -0.939. The number of carbonyl (C=O) groups is 1. The molecule has 0 aliphatic heterocycles. The first-order valence-corrected chi connectivity index (χ1v) is 7.01. The molecule has 0 unspecified atom stereocenters. The molecule has 128 valence electrons. The Labute approximate surface area is 131 Å². The number of rotatable bonds is 6. The molecule has 23 heavy (non-hydrogen) atoms. The van der Waals surface area contributed by atoms with Crippen molar-refractivity contribution in [3.8, 4) is 0 Å². The van der Waals surface area contributed by atoms with Crippen molar-refractivity contribution in [1.29, 1.82) is 0 Å². The Kier molecular flexibility index (Phi) is 5.66. The fourth-order valence-electron chi connectivity index (χ4n) is 2.03. The molecule has 0 amide bonds. The van der Waals surface area contributed by atoms with Crippen molar-refractivity contribution in [3.63, 3.8) is 0 Å². The molecule has 0 aliphatic carbocycles. The van der Waals surface area contributed by atoms with Gasteiger partial charge < -0.3 is 10.1 Å². The van der Waals surface area contributed by atoms with Gasteiger partial charge >= 0.3 is 22.9 Å². The summed E-state index contributed by atoms with van der Waals surface area (Å²) in [6.45, 7) is 5.19. The largest absolute Gasteiger partial charge is 0.464 e. The SMILES string of the molecule is CCOC(=O)[C@@H](Nc1c([N+](=O)[O-])c(=O)n(C)c(=O)n1C)C(C)C. The third-order valence-corrected chi connectivity index (χ3v) is 3.32. The van der Waals surface area contributed by atoms with Crippen LogP contribution in [0.1, 0.15) is 20.8 Å². The number of aromatic nitrogens is 2. The second-order valence-corrected chi connectivity index (χ2v) is 5.28. The van der Waals surface area contributed by atoms with Crippen LogP contribution in [-0.2, 0) is 23.6 Å². The lowest BCUT2D eigenvalue weighted by Gasteiger charge is -2.22. The summed E-state index contributed by atoms with van der Waals surface area (Å²) in [5.74, 6) is -1.23. The minimum Gasteiger partial charge on any atom is -0.464 e. The number of hydrogen-bond donors (Lipinski definition) is 1. The summed E-state index contributed by atoms with van der Waals surface area (Å²) >= 11 is 0. The second kappa shape index (κ2) is 7.07. The molecule has 1 N–H and O–H groups in total. The van der Waals surface area contributed by atoms with Crippen LogP contribution in [0, 0.1) is 16.0 Å². The minimum atomic E-state index is -1.05. The third-order valence-electron chi connectivity index (χ3n) is 3.32. The fourth-order valence-corrected chi connectivity index (χ4v) is 2.03. The number of ether oxygens (including phenoxy) is 1. The van der Waals surface area contributed by atoms with E-state index in [0.29, 0.717) is 4.57 Å². The lowest BCUT2D eigenvalue weighted by Crippen LogP contribution is -2.43. The van der Waals surface area contributed by atoms with E-state index in [0.717, 1.165) is 11.6 Å². The maximum atomic E-state index is 12.0. The number of anilines is 1. The van der Waals surface area contributed by atoms with Gasteiger partial charge in [-0.2, -0.15) is 0 Å². The monoisotopic (exact) mass is 328 g/mol. The standard InChI is InChI=1S/C13H20N4O6/c1-6-23-12(19)8(7(2)3)14-10-9(17(21)22)11(18)16(5)13(20)15(10)4/h7-8,14H,6H2,1-5H3/t8-/m0/s1. The van der Waals surface area contributed by atoms with Crippen LogP contribution in [0.25, 0.3) is 0 Å². The smallest absolute Gasteiger partial charge is 0.374 e. The van der Waals surface area contributed by atoms with Crippen LogP contribution in [0.15, 0.2) is 9.59 Å². The molecule has 1 atom stereocenters. The zero-order valence-electron chi connectivity index (χ0n) is 13.7. The average Bonchev–Trinajstić information content (AvgIpc) is 2.46. The molecule has 10 nitrogen and oxygen atoms in total. The van der Waals surface area contributed by atoms with E-state index >= 15 is 0 Å². The molecule has 0 aromatic carbocycles. The van der Waals surface area contributed by atoms with E-state index in [2.05, 4.69) is 5.32 Å². The normalized spacial score (nSPS) is 12.1. The predicted molar refractivity (Wildman–Crippen MR) is 82.5 cm³/mol. The number of carbonyl (C=O) groups excluding carboxylic acids is 1. The Hall–Kier alpha value is -2.65. The van der Waals surface area contributed by atoms with Gasteiger partial charge in [0.15, 0.2) is 5.82 Å². The summed E-state index contributed by atoms with van der Waals surface area (Å²) in [6.07, 6.45) is 0. The highest BCUT2D eigenvalue weighted by Crippen LogP contribution is 2.20. The van der Waals surface area contributed by atoms with Crippen LogP contribution in [0.2, 0.25) is 0 Å². The van der Waals surface area contributed by atoms with Crippen LogP contribution in [0.3, 0.4) is 0 Å².